The minimum Gasteiger partial charge on any atom is -0.352 e. The van der Waals surface area contributed by atoms with E-state index in [0.29, 0.717) is 23.8 Å². The van der Waals surface area contributed by atoms with Crippen molar-refractivity contribution >= 4 is 17.7 Å². The molecule has 2 aliphatic carbocycles. The first kappa shape index (κ1) is 17.8. The molecule has 1 N–H and O–H groups in total. The Morgan fingerprint density at radius 2 is 2.04 bits per heavy atom. The smallest absolute Gasteiger partial charge is 0.233 e. The Bertz CT molecular complexity index is 584. The number of rotatable bonds is 6. The van der Waals surface area contributed by atoms with Crippen LogP contribution < -0.4 is 5.32 Å². The van der Waals surface area contributed by atoms with Gasteiger partial charge in [0.1, 0.15) is 5.82 Å². The summed E-state index contributed by atoms with van der Waals surface area (Å²) in [5.74, 6) is 3.06. The summed E-state index contributed by atoms with van der Waals surface area (Å²) in [6, 6.07) is 0.315. The molecular weight excluding hydrogens is 320 g/mol. The molecule has 5 nitrogen and oxygen atoms in total. The maximum absolute atomic E-state index is 12.6. The summed E-state index contributed by atoms with van der Waals surface area (Å²) in [5, 5.41) is 12.7. The average Bonchev–Trinajstić information content (AvgIpc) is 3.33. The van der Waals surface area contributed by atoms with Gasteiger partial charge in [0, 0.05) is 18.5 Å². The second-order valence-corrected chi connectivity index (χ2v) is 8.81. The lowest BCUT2D eigenvalue weighted by Crippen LogP contribution is -2.46. The third kappa shape index (κ3) is 3.79. The Labute approximate surface area is 149 Å². The molecule has 0 radical (unpaired) electrons. The highest BCUT2D eigenvalue weighted by atomic mass is 32.2. The number of carbonyl (C=O) groups is 1. The Balaban J connectivity index is 1.60. The van der Waals surface area contributed by atoms with E-state index in [1.807, 2.05) is 6.92 Å². The van der Waals surface area contributed by atoms with Crippen LogP contribution in [0.25, 0.3) is 0 Å². The SMILES string of the molecule is CCn1c(S[C@@H](C)C(=O)N[C@@H]2CCC[C@H](C)[C@@H]2C)nnc1C1CC1. The van der Waals surface area contributed by atoms with Gasteiger partial charge >= 0.3 is 0 Å². The normalized spacial score (nSPS) is 28.6. The van der Waals surface area contributed by atoms with Crippen molar-refractivity contribution in [3.63, 3.8) is 0 Å². The zero-order valence-electron chi connectivity index (χ0n) is 15.3. The number of thioether (sulfide) groups is 1. The van der Waals surface area contributed by atoms with Crippen LogP contribution in [0.2, 0.25) is 0 Å². The van der Waals surface area contributed by atoms with Crippen molar-refractivity contribution in [2.45, 2.75) is 88.7 Å². The minimum absolute atomic E-state index is 0.129. The first-order chi connectivity index (χ1) is 11.5. The van der Waals surface area contributed by atoms with Crippen molar-refractivity contribution in [1.82, 2.24) is 20.1 Å². The lowest BCUT2D eigenvalue weighted by Gasteiger charge is -2.35. The molecule has 2 aliphatic rings. The van der Waals surface area contributed by atoms with Crippen LogP contribution in [0.5, 0.6) is 0 Å². The Morgan fingerprint density at radius 1 is 1.29 bits per heavy atom. The summed E-state index contributed by atoms with van der Waals surface area (Å²) >= 11 is 1.54. The van der Waals surface area contributed by atoms with Crippen LogP contribution in [0.15, 0.2) is 5.16 Å². The van der Waals surface area contributed by atoms with Crippen molar-refractivity contribution in [3.05, 3.63) is 5.82 Å². The topological polar surface area (TPSA) is 59.8 Å². The number of nitrogens with one attached hydrogen (secondary N) is 1. The van der Waals surface area contributed by atoms with Crippen LogP contribution in [-0.2, 0) is 11.3 Å². The molecular formula is C18H30N4OS. The molecule has 2 saturated carbocycles. The van der Waals surface area contributed by atoms with Gasteiger partial charge in [0.25, 0.3) is 0 Å². The van der Waals surface area contributed by atoms with Gasteiger partial charge in [-0.3, -0.25) is 4.79 Å². The molecule has 1 aromatic heterocycles. The van der Waals surface area contributed by atoms with Gasteiger partial charge < -0.3 is 9.88 Å². The highest BCUT2D eigenvalue weighted by Gasteiger charge is 2.32. The Morgan fingerprint density at radius 3 is 2.71 bits per heavy atom. The molecule has 24 heavy (non-hydrogen) atoms. The fraction of sp³-hybridized carbons (Fsp3) is 0.833. The number of amides is 1. The van der Waals surface area contributed by atoms with Crippen molar-refractivity contribution in [2.24, 2.45) is 11.8 Å². The molecule has 0 spiro atoms. The lowest BCUT2D eigenvalue weighted by atomic mass is 9.78. The molecule has 1 heterocycles. The highest BCUT2D eigenvalue weighted by molar-refractivity contribution is 8.00. The standard InChI is InChI=1S/C18H30N4OS/c1-5-22-16(14-9-10-14)20-21-18(22)24-13(4)17(23)19-15-8-6-7-11(2)12(15)3/h11-15H,5-10H2,1-4H3,(H,19,23)/t11-,12-,13-,15+/m0/s1. The van der Waals surface area contributed by atoms with Crippen molar-refractivity contribution in [2.75, 3.05) is 0 Å². The molecule has 134 valence electrons. The largest absolute Gasteiger partial charge is 0.352 e. The Hall–Kier alpha value is -1.04. The molecule has 0 aliphatic heterocycles. The predicted molar refractivity (Wildman–Crippen MR) is 97.1 cm³/mol. The monoisotopic (exact) mass is 350 g/mol. The zero-order chi connectivity index (χ0) is 17.3. The molecule has 0 saturated heterocycles. The first-order valence-corrected chi connectivity index (χ1v) is 10.3. The lowest BCUT2D eigenvalue weighted by molar-refractivity contribution is -0.121. The van der Waals surface area contributed by atoms with E-state index in [1.54, 1.807) is 0 Å². The van der Waals surface area contributed by atoms with Crippen LogP contribution in [0.1, 0.15) is 71.5 Å². The van der Waals surface area contributed by atoms with Crippen LogP contribution in [0.3, 0.4) is 0 Å². The minimum atomic E-state index is -0.143. The summed E-state index contributed by atoms with van der Waals surface area (Å²) < 4.78 is 2.18. The number of hydrogen-bond donors (Lipinski definition) is 1. The quantitative estimate of drug-likeness (QED) is 0.797. The molecule has 4 atom stereocenters. The third-order valence-electron chi connectivity index (χ3n) is 5.69. The van der Waals surface area contributed by atoms with Crippen molar-refractivity contribution in [1.29, 1.82) is 0 Å². The maximum atomic E-state index is 12.6. The van der Waals surface area contributed by atoms with Gasteiger partial charge in [0.2, 0.25) is 5.91 Å². The summed E-state index contributed by atoms with van der Waals surface area (Å²) in [7, 11) is 0. The van der Waals surface area contributed by atoms with Crippen LogP contribution in [-0.4, -0.2) is 32.0 Å². The molecule has 0 unspecified atom stereocenters. The summed E-state index contributed by atoms with van der Waals surface area (Å²) in [5.41, 5.74) is 0. The average molecular weight is 351 g/mol. The van der Waals surface area contributed by atoms with Gasteiger partial charge in [-0.15, -0.1) is 10.2 Å². The summed E-state index contributed by atoms with van der Waals surface area (Å²) in [6.07, 6.45) is 6.03. The van der Waals surface area contributed by atoms with E-state index in [-0.39, 0.29) is 11.2 Å². The van der Waals surface area contributed by atoms with E-state index in [2.05, 4.69) is 40.9 Å². The van der Waals surface area contributed by atoms with Crippen LogP contribution >= 0.6 is 11.8 Å². The maximum Gasteiger partial charge on any atom is 0.233 e. The van der Waals surface area contributed by atoms with E-state index >= 15 is 0 Å². The zero-order valence-corrected chi connectivity index (χ0v) is 16.1. The fourth-order valence-corrected chi connectivity index (χ4v) is 4.55. The fourth-order valence-electron chi connectivity index (χ4n) is 3.63. The van der Waals surface area contributed by atoms with Crippen LogP contribution in [0, 0.1) is 11.8 Å². The van der Waals surface area contributed by atoms with Gasteiger partial charge in [-0.1, -0.05) is 38.5 Å². The third-order valence-corrected chi connectivity index (χ3v) is 6.77. The van der Waals surface area contributed by atoms with E-state index < -0.39 is 0 Å². The molecule has 2 fully saturated rings. The summed E-state index contributed by atoms with van der Waals surface area (Å²) in [4.78, 5) is 12.6. The number of carbonyl (C=O) groups excluding carboxylic acids is 1. The van der Waals surface area contributed by atoms with Gasteiger partial charge in [-0.25, -0.2) is 0 Å². The van der Waals surface area contributed by atoms with Gasteiger partial charge in [-0.05, 0) is 44.9 Å². The number of nitrogens with zero attached hydrogens (tertiary/aromatic N) is 3. The van der Waals surface area contributed by atoms with Gasteiger partial charge in [0.05, 0.1) is 5.25 Å². The number of aromatic nitrogens is 3. The molecule has 1 amide bonds. The first-order valence-electron chi connectivity index (χ1n) is 9.41. The highest BCUT2D eigenvalue weighted by Crippen LogP contribution is 2.40. The van der Waals surface area contributed by atoms with Crippen molar-refractivity contribution < 1.29 is 4.79 Å². The number of hydrogen-bond acceptors (Lipinski definition) is 4. The predicted octanol–water partition coefficient (Wildman–Crippen LogP) is 3.60. The molecule has 1 aromatic rings. The second kappa shape index (κ2) is 7.46. The summed E-state index contributed by atoms with van der Waals surface area (Å²) in [6.45, 7) is 9.52. The van der Waals surface area contributed by atoms with E-state index in [9.17, 15) is 4.79 Å². The molecule has 3 rings (SSSR count). The van der Waals surface area contributed by atoms with Gasteiger partial charge in [-0.2, -0.15) is 0 Å². The van der Waals surface area contributed by atoms with Crippen molar-refractivity contribution in [3.8, 4) is 0 Å². The Kier molecular flexibility index (Phi) is 5.52. The molecule has 0 aromatic carbocycles. The van der Waals surface area contributed by atoms with E-state index in [4.69, 9.17) is 0 Å². The van der Waals surface area contributed by atoms with E-state index in [1.165, 1.54) is 37.4 Å². The van der Waals surface area contributed by atoms with Gasteiger partial charge in [0.15, 0.2) is 5.16 Å². The molecule has 6 heteroatoms. The second-order valence-electron chi connectivity index (χ2n) is 7.50. The molecule has 0 bridgehead atoms. The van der Waals surface area contributed by atoms with Crippen LogP contribution in [0.4, 0.5) is 0 Å². The van der Waals surface area contributed by atoms with E-state index in [0.717, 1.165) is 23.9 Å².